The predicted molar refractivity (Wildman–Crippen MR) is 54.9 cm³/mol. The second-order valence-corrected chi connectivity index (χ2v) is 4.98. The summed E-state index contributed by atoms with van der Waals surface area (Å²) < 4.78 is 34.8. The Kier molecular flexibility index (Phi) is 3.41. The molecular weight excluding hydrogens is 203 g/mol. The lowest BCUT2D eigenvalue weighted by Gasteiger charge is -1.93. The minimum atomic E-state index is -3.13. The van der Waals surface area contributed by atoms with Crippen LogP contribution in [0.25, 0.3) is 6.08 Å². The van der Waals surface area contributed by atoms with E-state index in [0.29, 0.717) is 5.56 Å². The van der Waals surface area contributed by atoms with Gasteiger partial charge in [-0.1, -0.05) is 19.1 Å². The molecule has 1 rings (SSSR count). The second-order valence-electron chi connectivity index (χ2n) is 2.81. The van der Waals surface area contributed by atoms with Crippen LogP contribution < -0.4 is 0 Å². The highest BCUT2D eigenvalue weighted by atomic mass is 32.2. The Morgan fingerprint density at radius 1 is 1.43 bits per heavy atom. The van der Waals surface area contributed by atoms with E-state index in [0.717, 1.165) is 5.41 Å². The number of sulfone groups is 1. The Morgan fingerprint density at radius 3 is 2.71 bits per heavy atom. The van der Waals surface area contributed by atoms with Crippen molar-refractivity contribution in [3.8, 4) is 0 Å². The van der Waals surface area contributed by atoms with Crippen LogP contribution in [0, 0.1) is 5.82 Å². The summed E-state index contributed by atoms with van der Waals surface area (Å²) in [7, 11) is -3.13. The van der Waals surface area contributed by atoms with Crippen LogP contribution in [-0.2, 0) is 9.84 Å². The maximum absolute atomic E-state index is 12.7. The highest BCUT2D eigenvalue weighted by Crippen LogP contribution is 2.06. The molecule has 0 saturated heterocycles. The van der Waals surface area contributed by atoms with Gasteiger partial charge in [0.1, 0.15) is 5.82 Å². The van der Waals surface area contributed by atoms with Gasteiger partial charge in [0.2, 0.25) is 0 Å². The number of benzene rings is 1. The molecule has 0 unspecified atom stereocenters. The zero-order chi connectivity index (χ0) is 10.6. The first-order valence-electron chi connectivity index (χ1n) is 4.20. The number of rotatable bonds is 3. The number of hydrogen-bond donors (Lipinski definition) is 0. The van der Waals surface area contributed by atoms with Crippen LogP contribution >= 0.6 is 0 Å². The van der Waals surface area contributed by atoms with Crippen LogP contribution in [-0.4, -0.2) is 14.2 Å². The van der Waals surface area contributed by atoms with Crippen LogP contribution in [0.4, 0.5) is 4.39 Å². The van der Waals surface area contributed by atoms with E-state index in [1.54, 1.807) is 13.0 Å². The molecule has 0 amide bonds. The first kappa shape index (κ1) is 10.9. The highest BCUT2D eigenvalue weighted by Gasteiger charge is 2.00. The summed E-state index contributed by atoms with van der Waals surface area (Å²) in [6.07, 6.45) is 1.39. The SMILES string of the molecule is CCS(=O)(=O)C=Cc1cccc(F)c1. The van der Waals surface area contributed by atoms with Crippen molar-refractivity contribution < 1.29 is 12.8 Å². The van der Waals surface area contributed by atoms with E-state index in [9.17, 15) is 12.8 Å². The third kappa shape index (κ3) is 3.30. The Morgan fingerprint density at radius 2 is 2.14 bits per heavy atom. The molecule has 76 valence electrons. The maximum Gasteiger partial charge on any atom is 0.171 e. The molecule has 0 heterocycles. The van der Waals surface area contributed by atoms with Gasteiger partial charge in [-0.2, -0.15) is 0 Å². The average Bonchev–Trinajstić information content (AvgIpc) is 2.15. The zero-order valence-electron chi connectivity index (χ0n) is 7.77. The summed E-state index contributed by atoms with van der Waals surface area (Å²) in [6, 6.07) is 5.77. The summed E-state index contributed by atoms with van der Waals surface area (Å²) >= 11 is 0. The fraction of sp³-hybridized carbons (Fsp3) is 0.200. The van der Waals surface area contributed by atoms with Gasteiger partial charge in [-0.25, -0.2) is 12.8 Å². The van der Waals surface area contributed by atoms with Gasteiger partial charge in [-0.3, -0.25) is 0 Å². The summed E-state index contributed by atoms with van der Waals surface area (Å²) in [5, 5.41) is 1.10. The van der Waals surface area contributed by atoms with Crippen LogP contribution in [0.15, 0.2) is 29.7 Å². The fourth-order valence-electron chi connectivity index (χ4n) is 0.889. The molecular formula is C10H11FO2S. The Labute approximate surface area is 83.0 Å². The van der Waals surface area contributed by atoms with Crippen molar-refractivity contribution >= 4 is 15.9 Å². The molecule has 4 heteroatoms. The highest BCUT2D eigenvalue weighted by molar-refractivity contribution is 7.94. The van der Waals surface area contributed by atoms with Crippen molar-refractivity contribution in [1.29, 1.82) is 0 Å². The van der Waals surface area contributed by atoms with Gasteiger partial charge in [0, 0.05) is 5.41 Å². The van der Waals surface area contributed by atoms with Crippen molar-refractivity contribution in [2.45, 2.75) is 6.92 Å². The van der Waals surface area contributed by atoms with Crippen molar-refractivity contribution in [2.75, 3.05) is 5.75 Å². The lowest BCUT2D eigenvalue weighted by atomic mass is 10.2. The lowest BCUT2D eigenvalue weighted by molar-refractivity contribution is 0.606. The van der Waals surface area contributed by atoms with Crippen molar-refractivity contribution in [1.82, 2.24) is 0 Å². The number of halogens is 1. The molecule has 0 N–H and O–H groups in total. The van der Waals surface area contributed by atoms with Gasteiger partial charge in [-0.05, 0) is 23.8 Å². The standard InChI is InChI=1S/C10H11FO2S/c1-2-14(12,13)7-6-9-4-3-5-10(11)8-9/h3-8H,2H2,1H3. The monoisotopic (exact) mass is 214 g/mol. The largest absolute Gasteiger partial charge is 0.224 e. The van der Waals surface area contributed by atoms with Crippen molar-refractivity contribution in [3.05, 3.63) is 41.1 Å². The molecule has 0 aliphatic rings. The lowest BCUT2D eigenvalue weighted by Crippen LogP contribution is -1.96. The summed E-state index contributed by atoms with van der Waals surface area (Å²) in [4.78, 5) is 0. The normalized spacial score (nSPS) is 12.1. The van der Waals surface area contributed by atoms with E-state index in [4.69, 9.17) is 0 Å². The minimum Gasteiger partial charge on any atom is -0.224 e. The summed E-state index contributed by atoms with van der Waals surface area (Å²) in [5.74, 6) is -0.320. The Balaban J connectivity index is 2.89. The molecule has 0 spiro atoms. The van der Waals surface area contributed by atoms with Crippen molar-refractivity contribution in [3.63, 3.8) is 0 Å². The first-order valence-corrected chi connectivity index (χ1v) is 5.91. The van der Waals surface area contributed by atoms with E-state index >= 15 is 0 Å². The quantitative estimate of drug-likeness (QED) is 0.773. The minimum absolute atomic E-state index is 0.0544. The molecule has 0 bridgehead atoms. The molecule has 0 aliphatic heterocycles. The summed E-state index contributed by atoms with van der Waals surface area (Å²) in [5.41, 5.74) is 0.544. The molecule has 14 heavy (non-hydrogen) atoms. The third-order valence-electron chi connectivity index (χ3n) is 1.72. The third-order valence-corrected chi connectivity index (χ3v) is 3.07. The topological polar surface area (TPSA) is 34.1 Å². The van der Waals surface area contributed by atoms with E-state index in [1.165, 1.54) is 24.3 Å². The molecule has 0 aromatic heterocycles. The van der Waals surface area contributed by atoms with Gasteiger partial charge in [-0.15, -0.1) is 0 Å². The molecule has 1 aromatic rings. The second kappa shape index (κ2) is 4.37. The first-order chi connectivity index (χ1) is 6.53. The fourth-order valence-corrected chi connectivity index (χ4v) is 1.45. The van der Waals surface area contributed by atoms with Crippen LogP contribution in [0.5, 0.6) is 0 Å². The predicted octanol–water partition coefficient (Wildman–Crippen LogP) is 2.23. The molecule has 0 saturated carbocycles. The van der Waals surface area contributed by atoms with Gasteiger partial charge in [0.05, 0.1) is 5.75 Å². The van der Waals surface area contributed by atoms with E-state index < -0.39 is 9.84 Å². The molecule has 0 atom stereocenters. The van der Waals surface area contributed by atoms with E-state index in [2.05, 4.69) is 0 Å². The molecule has 1 aromatic carbocycles. The smallest absolute Gasteiger partial charge is 0.171 e. The molecule has 0 aliphatic carbocycles. The van der Waals surface area contributed by atoms with Crippen LogP contribution in [0.3, 0.4) is 0 Å². The molecule has 2 nitrogen and oxygen atoms in total. The van der Waals surface area contributed by atoms with Crippen LogP contribution in [0.2, 0.25) is 0 Å². The Hall–Kier alpha value is -1.16. The van der Waals surface area contributed by atoms with E-state index in [-0.39, 0.29) is 11.6 Å². The zero-order valence-corrected chi connectivity index (χ0v) is 8.59. The average molecular weight is 214 g/mol. The van der Waals surface area contributed by atoms with E-state index in [1.807, 2.05) is 0 Å². The van der Waals surface area contributed by atoms with Crippen LogP contribution in [0.1, 0.15) is 12.5 Å². The summed E-state index contributed by atoms with van der Waals surface area (Å²) in [6.45, 7) is 1.56. The Bertz CT molecular complexity index is 435. The van der Waals surface area contributed by atoms with Gasteiger partial charge >= 0.3 is 0 Å². The maximum atomic E-state index is 12.7. The van der Waals surface area contributed by atoms with Crippen molar-refractivity contribution in [2.24, 2.45) is 0 Å². The van der Waals surface area contributed by atoms with Gasteiger partial charge < -0.3 is 0 Å². The van der Waals surface area contributed by atoms with Gasteiger partial charge in [0.25, 0.3) is 0 Å². The molecule has 0 radical (unpaired) electrons. The molecule has 0 fully saturated rings. The van der Waals surface area contributed by atoms with Gasteiger partial charge in [0.15, 0.2) is 9.84 Å². The number of hydrogen-bond acceptors (Lipinski definition) is 2.